The minimum Gasteiger partial charge on any atom is -0.390 e. The fourth-order valence-electron chi connectivity index (χ4n) is 1.76. The van der Waals surface area contributed by atoms with E-state index in [1.54, 1.807) is 0 Å². The average molecular weight is 230 g/mol. The molecule has 1 aliphatic rings. The van der Waals surface area contributed by atoms with Gasteiger partial charge in [-0.3, -0.25) is 4.90 Å². The molecule has 0 aromatic carbocycles. The maximum Gasteiger partial charge on any atom is 0.0791 e. The summed E-state index contributed by atoms with van der Waals surface area (Å²) in [6.07, 6.45) is -0.277. The lowest BCUT2D eigenvalue weighted by molar-refractivity contribution is 0.0147. The minimum atomic E-state index is -0.277. The number of ether oxygens (including phenoxy) is 1. The van der Waals surface area contributed by atoms with Crippen molar-refractivity contribution in [3.8, 4) is 0 Å². The Morgan fingerprint density at radius 1 is 1.31 bits per heavy atom. The highest BCUT2D eigenvalue weighted by atomic mass is 16.5. The number of rotatable bonds is 5. The maximum absolute atomic E-state index is 9.85. The van der Waals surface area contributed by atoms with Gasteiger partial charge in [-0.1, -0.05) is 20.8 Å². The van der Waals surface area contributed by atoms with Crippen LogP contribution in [0.1, 0.15) is 20.8 Å². The largest absolute Gasteiger partial charge is 0.390 e. The van der Waals surface area contributed by atoms with E-state index in [1.807, 2.05) is 0 Å². The monoisotopic (exact) mass is 230 g/mol. The smallest absolute Gasteiger partial charge is 0.0791 e. The summed E-state index contributed by atoms with van der Waals surface area (Å²) in [5.41, 5.74) is 0.276. The second-order valence-corrected chi connectivity index (χ2v) is 5.76. The minimum absolute atomic E-state index is 0.276. The highest BCUT2D eigenvalue weighted by Crippen LogP contribution is 2.10. The summed E-state index contributed by atoms with van der Waals surface area (Å²) in [6, 6.07) is 0. The second kappa shape index (κ2) is 6.55. The van der Waals surface area contributed by atoms with E-state index in [-0.39, 0.29) is 11.5 Å². The van der Waals surface area contributed by atoms with Crippen molar-refractivity contribution in [3.63, 3.8) is 0 Å². The molecule has 1 aliphatic heterocycles. The molecular weight excluding hydrogens is 204 g/mol. The Balaban J connectivity index is 2.08. The van der Waals surface area contributed by atoms with Crippen LogP contribution in [0.3, 0.4) is 0 Å². The van der Waals surface area contributed by atoms with Gasteiger partial charge in [0.15, 0.2) is 0 Å². The number of hydrogen-bond acceptors (Lipinski definition) is 4. The van der Waals surface area contributed by atoms with E-state index in [1.165, 1.54) is 0 Å². The maximum atomic E-state index is 9.85. The Labute approximate surface area is 99.0 Å². The average Bonchev–Trinajstić information content (AvgIpc) is 2.17. The topological polar surface area (TPSA) is 44.7 Å². The molecule has 1 rings (SSSR count). The summed E-state index contributed by atoms with van der Waals surface area (Å²) in [6.45, 7) is 12.4. The summed E-state index contributed by atoms with van der Waals surface area (Å²) in [5, 5.41) is 13.2. The van der Waals surface area contributed by atoms with Gasteiger partial charge in [-0.2, -0.15) is 0 Å². The van der Waals surface area contributed by atoms with E-state index in [0.29, 0.717) is 6.54 Å². The highest BCUT2D eigenvalue weighted by molar-refractivity contribution is 4.71. The third-order valence-corrected chi connectivity index (χ3v) is 2.61. The van der Waals surface area contributed by atoms with E-state index in [4.69, 9.17) is 4.74 Å². The van der Waals surface area contributed by atoms with Crippen LogP contribution in [0.25, 0.3) is 0 Å². The third kappa shape index (κ3) is 6.43. The van der Waals surface area contributed by atoms with Gasteiger partial charge in [-0.05, 0) is 5.41 Å². The van der Waals surface area contributed by atoms with E-state index >= 15 is 0 Å². The number of aliphatic hydroxyl groups excluding tert-OH is 1. The lowest BCUT2D eigenvalue weighted by Crippen LogP contribution is -2.44. The molecule has 16 heavy (non-hydrogen) atoms. The van der Waals surface area contributed by atoms with E-state index in [0.717, 1.165) is 39.4 Å². The summed E-state index contributed by atoms with van der Waals surface area (Å²) in [5.74, 6) is 0. The molecule has 0 aromatic rings. The van der Waals surface area contributed by atoms with Crippen molar-refractivity contribution >= 4 is 0 Å². The number of nitrogens with zero attached hydrogens (tertiary/aromatic N) is 1. The van der Waals surface area contributed by atoms with Gasteiger partial charge >= 0.3 is 0 Å². The van der Waals surface area contributed by atoms with E-state index in [9.17, 15) is 5.11 Å². The fourth-order valence-corrected chi connectivity index (χ4v) is 1.76. The van der Waals surface area contributed by atoms with Crippen LogP contribution in [-0.4, -0.2) is 62.0 Å². The molecule has 0 bridgehead atoms. The van der Waals surface area contributed by atoms with Gasteiger partial charge < -0.3 is 15.2 Å². The van der Waals surface area contributed by atoms with E-state index in [2.05, 4.69) is 31.0 Å². The van der Waals surface area contributed by atoms with Crippen molar-refractivity contribution in [3.05, 3.63) is 0 Å². The molecule has 0 amide bonds. The summed E-state index contributed by atoms with van der Waals surface area (Å²) >= 11 is 0. The molecule has 0 spiro atoms. The van der Waals surface area contributed by atoms with Gasteiger partial charge in [0.25, 0.3) is 0 Å². The van der Waals surface area contributed by atoms with Gasteiger partial charge in [0, 0.05) is 32.7 Å². The summed E-state index contributed by atoms with van der Waals surface area (Å²) in [7, 11) is 0. The zero-order chi connectivity index (χ0) is 12.0. The van der Waals surface area contributed by atoms with Crippen molar-refractivity contribution in [2.45, 2.75) is 26.9 Å². The fraction of sp³-hybridized carbons (Fsp3) is 1.00. The van der Waals surface area contributed by atoms with Crippen LogP contribution in [0.5, 0.6) is 0 Å². The molecule has 2 N–H and O–H groups in total. The first-order valence-electron chi connectivity index (χ1n) is 6.16. The standard InChI is InChI=1S/C12H26N2O2/c1-12(2,3)10-13-8-11(15)9-14-4-6-16-7-5-14/h11,13,15H,4-10H2,1-3H3. The van der Waals surface area contributed by atoms with Crippen LogP contribution in [0.2, 0.25) is 0 Å². The number of aliphatic hydroxyl groups is 1. The predicted octanol–water partition coefficient (Wildman–Crippen LogP) is 0.315. The van der Waals surface area contributed by atoms with Crippen molar-refractivity contribution in [1.29, 1.82) is 0 Å². The van der Waals surface area contributed by atoms with Crippen LogP contribution in [0.15, 0.2) is 0 Å². The molecule has 1 unspecified atom stereocenters. The zero-order valence-corrected chi connectivity index (χ0v) is 10.8. The van der Waals surface area contributed by atoms with Crippen LogP contribution < -0.4 is 5.32 Å². The molecule has 1 atom stereocenters. The predicted molar refractivity (Wildman–Crippen MR) is 65.6 cm³/mol. The Kier molecular flexibility index (Phi) is 5.69. The van der Waals surface area contributed by atoms with Crippen molar-refractivity contribution < 1.29 is 9.84 Å². The normalized spacial score (nSPS) is 21.0. The molecule has 0 aliphatic carbocycles. The lowest BCUT2D eigenvalue weighted by atomic mass is 9.97. The molecule has 0 aromatic heterocycles. The highest BCUT2D eigenvalue weighted by Gasteiger charge is 2.15. The molecule has 1 saturated heterocycles. The van der Waals surface area contributed by atoms with Gasteiger partial charge in [-0.15, -0.1) is 0 Å². The quantitative estimate of drug-likeness (QED) is 0.714. The molecule has 1 heterocycles. The Hall–Kier alpha value is -0.160. The van der Waals surface area contributed by atoms with Crippen LogP contribution in [0.4, 0.5) is 0 Å². The van der Waals surface area contributed by atoms with Crippen molar-refractivity contribution in [2.75, 3.05) is 45.9 Å². The molecule has 0 saturated carbocycles. The van der Waals surface area contributed by atoms with Gasteiger partial charge in [-0.25, -0.2) is 0 Å². The Bertz CT molecular complexity index is 186. The zero-order valence-electron chi connectivity index (χ0n) is 10.8. The van der Waals surface area contributed by atoms with Crippen molar-refractivity contribution in [2.24, 2.45) is 5.41 Å². The summed E-state index contributed by atoms with van der Waals surface area (Å²) in [4.78, 5) is 2.26. The molecule has 1 fully saturated rings. The number of morpholine rings is 1. The first-order chi connectivity index (χ1) is 7.47. The Morgan fingerprint density at radius 2 is 1.94 bits per heavy atom. The molecule has 4 heteroatoms. The van der Waals surface area contributed by atoms with Crippen LogP contribution in [0, 0.1) is 5.41 Å². The van der Waals surface area contributed by atoms with Crippen LogP contribution >= 0.6 is 0 Å². The number of hydrogen-bond donors (Lipinski definition) is 2. The summed E-state index contributed by atoms with van der Waals surface area (Å²) < 4.78 is 5.27. The number of β-amino-alcohol motifs (C(OH)–C–C–N with tert-alkyl or cyclic N) is 1. The van der Waals surface area contributed by atoms with Gasteiger partial charge in [0.2, 0.25) is 0 Å². The van der Waals surface area contributed by atoms with Gasteiger partial charge in [0.05, 0.1) is 19.3 Å². The first kappa shape index (κ1) is 13.9. The first-order valence-corrected chi connectivity index (χ1v) is 6.16. The lowest BCUT2D eigenvalue weighted by Gasteiger charge is -2.29. The molecule has 0 radical (unpaired) electrons. The SMILES string of the molecule is CC(C)(C)CNCC(O)CN1CCOCC1. The second-order valence-electron chi connectivity index (χ2n) is 5.76. The third-order valence-electron chi connectivity index (χ3n) is 2.61. The van der Waals surface area contributed by atoms with E-state index < -0.39 is 0 Å². The molecule has 96 valence electrons. The van der Waals surface area contributed by atoms with Crippen molar-refractivity contribution in [1.82, 2.24) is 10.2 Å². The Morgan fingerprint density at radius 3 is 2.50 bits per heavy atom. The molecule has 4 nitrogen and oxygen atoms in total. The number of nitrogens with one attached hydrogen (secondary N) is 1. The van der Waals surface area contributed by atoms with Gasteiger partial charge in [0.1, 0.15) is 0 Å². The molecular formula is C12H26N2O2. The van der Waals surface area contributed by atoms with Crippen LogP contribution in [-0.2, 0) is 4.74 Å².